The molecular formula is C9H9ClFNO2. The molecule has 0 spiro atoms. The second kappa shape index (κ2) is 4.93. The van der Waals surface area contributed by atoms with E-state index in [9.17, 15) is 14.3 Å². The lowest BCUT2D eigenvalue weighted by molar-refractivity contribution is -0.109. The van der Waals surface area contributed by atoms with Crippen molar-refractivity contribution in [3.63, 3.8) is 0 Å². The monoisotopic (exact) mass is 217 g/mol. The van der Waals surface area contributed by atoms with E-state index in [0.29, 0.717) is 12.0 Å². The summed E-state index contributed by atoms with van der Waals surface area (Å²) in [7, 11) is 0. The lowest BCUT2D eigenvalue weighted by Crippen LogP contribution is -2.19. The molecule has 0 aromatic heterocycles. The number of hydrogen-bond donors (Lipinski definition) is 2. The SMILES string of the molecule is O=CNCC(O)c1ccc(Cl)c(F)c1. The van der Waals surface area contributed by atoms with Crippen molar-refractivity contribution in [2.75, 3.05) is 6.54 Å². The summed E-state index contributed by atoms with van der Waals surface area (Å²) in [5.74, 6) is -0.589. The predicted octanol–water partition coefficient (Wildman–Crippen LogP) is 1.26. The Kier molecular flexibility index (Phi) is 3.85. The van der Waals surface area contributed by atoms with Gasteiger partial charge in [0.25, 0.3) is 0 Å². The Balaban J connectivity index is 2.75. The average Bonchev–Trinajstić information content (AvgIpc) is 2.18. The van der Waals surface area contributed by atoms with Gasteiger partial charge in [0, 0.05) is 6.54 Å². The Labute approximate surface area is 85.5 Å². The highest BCUT2D eigenvalue weighted by Gasteiger charge is 2.09. The van der Waals surface area contributed by atoms with E-state index in [-0.39, 0.29) is 11.6 Å². The van der Waals surface area contributed by atoms with Crippen LogP contribution in [0.1, 0.15) is 11.7 Å². The number of hydrogen-bond acceptors (Lipinski definition) is 2. The van der Waals surface area contributed by atoms with Gasteiger partial charge >= 0.3 is 0 Å². The van der Waals surface area contributed by atoms with Crippen LogP contribution in [0.15, 0.2) is 18.2 Å². The van der Waals surface area contributed by atoms with E-state index < -0.39 is 11.9 Å². The normalized spacial score (nSPS) is 12.2. The average molecular weight is 218 g/mol. The number of nitrogens with one attached hydrogen (secondary N) is 1. The van der Waals surface area contributed by atoms with Gasteiger partial charge in [-0.1, -0.05) is 17.7 Å². The fraction of sp³-hybridized carbons (Fsp3) is 0.222. The van der Waals surface area contributed by atoms with Crippen LogP contribution in [0.2, 0.25) is 5.02 Å². The molecule has 0 saturated carbocycles. The van der Waals surface area contributed by atoms with Crippen LogP contribution in [0.25, 0.3) is 0 Å². The fourth-order valence-corrected chi connectivity index (χ4v) is 1.11. The summed E-state index contributed by atoms with van der Waals surface area (Å²) < 4.78 is 12.9. The van der Waals surface area contributed by atoms with Gasteiger partial charge in [0.1, 0.15) is 5.82 Å². The first-order chi connectivity index (χ1) is 6.65. The van der Waals surface area contributed by atoms with Crippen molar-refractivity contribution in [1.82, 2.24) is 5.32 Å². The number of carbonyl (C=O) groups is 1. The van der Waals surface area contributed by atoms with Crippen molar-refractivity contribution in [3.8, 4) is 0 Å². The van der Waals surface area contributed by atoms with Crippen molar-refractivity contribution in [2.24, 2.45) is 0 Å². The van der Waals surface area contributed by atoms with Crippen molar-refractivity contribution in [1.29, 1.82) is 0 Å². The highest BCUT2D eigenvalue weighted by molar-refractivity contribution is 6.30. The molecular weight excluding hydrogens is 209 g/mol. The number of aliphatic hydroxyl groups is 1. The van der Waals surface area contributed by atoms with E-state index >= 15 is 0 Å². The van der Waals surface area contributed by atoms with Gasteiger partial charge < -0.3 is 10.4 Å². The molecule has 0 saturated heterocycles. The number of rotatable bonds is 4. The van der Waals surface area contributed by atoms with Crippen molar-refractivity contribution in [3.05, 3.63) is 34.6 Å². The number of carbonyl (C=O) groups excluding carboxylic acids is 1. The topological polar surface area (TPSA) is 49.3 Å². The van der Waals surface area contributed by atoms with Gasteiger partial charge in [-0.2, -0.15) is 0 Å². The molecule has 2 N–H and O–H groups in total. The quantitative estimate of drug-likeness (QED) is 0.746. The predicted molar refractivity (Wildman–Crippen MR) is 50.4 cm³/mol. The van der Waals surface area contributed by atoms with Gasteiger partial charge in [-0.3, -0.25) is 4.79 Å². The minimum Gasteiger partial charge on any atom is -0.387 e. The van der Waals surface area contributed by atoms with Crippen LogP contribution in [0.5, 0.6) is 0 Å². The van der Waals surface area contributed by atoms with Gasteiger partial charge in [0.15, 0.2) is 0 Å². The lowest BCUT2D eigenvalue weighted by atomic mass is 10.1. The summed E-state index contributed by atoms with van der Waals surface area (Å²) in [6.45, 7) is 0.0462. The Bertz CT molecular complexity index is 333. The van der Waals surface area contributed by atoms with E-state index in [4.69, 9.17) is 11.6 Å². The lowest BCUT2D eigenvalue weighted by Gasteiger charge is -2.10. The van der Waals surface area contributed by atoms with Crippen LogP contribution in [0, 0.1) is 5.82 Å². The molecule has 0 aliphatic rings. The van der Waals surface area contributed by atoms with Crippen LogP contribution >= 0.6 is 11.6 Å². The summed E-state index contributed by atoms with van der Waals surface area (Å²) in [5.41, 5.74) is 0.376. The molecule has 0 aliphatic carbocycles. The molecule has 3 nitrogen and oxygen atoms in total. The maximum Gasteiger partial charge on any atom is 0.207 e. The standard InChI is InChI=1S/C9H9ClFNO2/c10-7-2-1-6(3-8(7)11)9(14)4-12-5-13/h1-3,5,9,14H,4H2,(H,12,13). The van der Waals surface area contributed by atoms with Crippen molar-refractivity contribution >= 4 is 18.0 Å². The molecule has 0 bridgehead atoms. The molecule has 0 fully saturated rings. The van der Waals surface area contributed by atoms with Gasteiger partial charge in [-0.15, -0.1) is 0 Å². The highest BCUT2D eigenvalue weighted by atomic mass is 35.5. The maximum absolute atomic E-state index is 12.9. The molecule has 1 rings (SSSR count). The molecule has 5 heteroatoms. The van der Waals surface area contributed by atoms with Crippen LogP contribution in [-0.4, -0.2) is 18.1 Å². The van der Waals surface area contributed by atoms with Gasteiger partial charge in [-0.25, -0.2) is 4.39 Å². The van der Waals surface area contributed by atoms with Gasteiger partial charge in [0.05, 0.1) is 11.1 Å². The summed E-state index contributed by atoms with van der Waals surface area (Å²) in [4.78, 5) is 9.94. The zero-order valence-corrected chi connectivity index (χ0v) is 7.96. The molecule has 0 radical (unpaired) electrons. The second-order valence-electron chi connectivity index (χ2n) is 2.72. The largest absolute Gasteiger partial charge is 0.387 e. The number of benzene rings is 1. The maximum atomic E-state index is 12.9. The molecule has 1 aromatic carbocycles. The number of halogens is 2. The third-order valence-corrected chi connectivity index (χ3v) is 2.03. The van der Waals surface area contributed by atoms with E-state index in [2.05, 4.69) is 5.32 Å². The smallest absolute Gasteiger partial charge is 0.207 e. The Hall–Kier alpha value is -1.13. The molecule has 76 valence electrons. The summed E-state index contributed by atoms with van der Waals surface area (Å²) in [5, 5.41) is 11.7. The van der Waals surface area contributed by atoms with Gasteiger partial charge in [-0.05, 0) is 17.7 Å². The zero-order valence-electron chi connectivity index (χ0n) is 7.21. The first-order valence-corrected chi connectivity index (χ1v) is 4.33. The highest BCUT2D eigenvalue weighted by Crippen LogP contribution is 2.19. The minimum atomic E-state index is -0.924. The van der Waals surface area contributed by atoms with E-state index in [1.807, 2.05) is 0 Å². The summed E-state index contributed by atoms with van der Waals surface area (Å²) in [6, 6.07) is 4.00. The minimum absolute atomic E-state index is 0.00398. The van der Waals surface area contributed by atoms with Crippen molar-refractivity contribution < 1.29 is 14.3 Å². The van der Waals surface area contributed by atoms with E-state index in [1.54, 1.807) is 0 Å². The van der Waals surface area contributed by atoms with Gasteiger partial charge in [0.2, 0.25) is 6.41 Å². The molecule has 0 aliphatic heterocycles. The molecule has 1 atom stereocenters. The number of amides is 1. The zero-order chi connectivity index (χ0) is 10.6. The van der Waals surface area contributed by atoms with Crippen LogP contribution < -0.4 is 5.32 Å². The molecule has 1 unspecified atom stereocenters. The summed E-state index contributed by atoms with van der Waals surface area (Å²) in [6.07, 6.45) is -0.456. The van der Waals surface area contributed by atoms with Crippen LogP contribution in [0.3, 0.4) is 0 Å². The second-order valence-corrected chi connectivity index (χ2v) is 3.12. The van der Waals surface area contributed by atoms with E-state index in [0.717, 1.165) is 6.07 Å². The molecule has 0 heterocycles. The molecule has 14 heavy (non-hydrogen) atoms. The first-order valence-electron chi connectivity index (χ1n) is 3.95. The number of aliphatic hydroxyl groups excluding tert-OH is 1. The van der Waals surface area contributed by atoms with Crippen molar-refractivity contribution in [2.45, 2.75) is 6.10 Å². The molecule has 1 amide bonds. The Morgan fingerprint density at radius 3 is 2.93 bits per heavy atom. The first kappa shape index (κ1) is 10.9. The fourth-order valence-electron chi connectivity index (χ4n) is 0.997. The van der Waals surface area contributed by atoms with Crippen LogP contribution in [-0.2, 0) is 4.79 Å². The van der Waals surface area contributed by atoms with Crippen LogP contribution in [0.4, 0.5) is 4.39 Å². The third kappa shape index (κ3) is 2.68. The van der Waals surface area contributed by atoms with E-state index in [1.165, 1.54) is 12.1 Å². The Morgan fingerprint density at radius 2 is 2.36 bits per heavy atom. The molecule has 1 aromatic rings. The summed E-state index contributed by atoms with van der Waals surface area (Å²) >= 11 is 5.46. The Morgan fingerprint density at radius 1 is 1.64 bits per heavy atom. The third-order valence-electron chi connectivity index (χ3n) is 1.72.